The first-order chi connectivity index (χ1) is 13.1. The Bertz CT molecular complexity index is 884. The molecule has 0 aromatic carbocycles. The molecule has 0 fully saturated rings. The summed E-state index contributed by atoms with van der Waals surface area (Å²) in [7, 11) is 1.97. The molecule has 0 bridgehead atoms. The molecule has 2 N–H and O–H groups in total. The third-order valence-electron chi connectivity index (χ3n) is 4.08. The molecule has 1 amide bonds. The van der Waals surface area contributed by atoms with Crippen molar-refractivity contribution in [2.24, 2.45) is 0 Å². The highest BCUT2D eigenvalue weighted by molar-refractivity contribution is 5.92. The van der Waals surface area contributed by atoms with E-state index < -0.39 is 0 Å². The van der Waals surface area contributed by atoms with Gasteiger partial charge in [0.25, 0.3) is 5.91 Å². The van der Waals surface area contributed by atoms with Crippen molar-refractivity contribution in [3.63, 3.8) is 0 Å². The molecule has 0 aliphatic rings. The number of anilines is 1. The van der Waals surface area contributed by atoms with E-state index in [1.165, 1.54) is 18.3 Å². The number of pyridine rings is 3. The largest absolute Gasteiger partial charge is 0.506 e. The first kappa shape index (κ1) is 18.3. The fourth-order valence-corrected chi connectivity index (χ4v) is 2.63. The van der Waals surface area contributed by atoms with Crippen molar-refractivity contribution < 1.29 is 9.90 Å². The lowest BCUT2D eigenvalue weighted by atomic mass is 10.2. The molecule has 0 saturated carbocycles. The van der Waals surface area contributed by atoms with Crippen LogP contribution in [0.15, 0.2) is 61.1 Å². The summed E-state index contributed by atoms with van der Waals surface area (Å²) in [5.74, 6) is 0.531. The maximum Gasteiger partial charge on any atom is 0.270 e. The van der Waals surface area contributed by atoms with Gasteiger partial charge in [-0.2, -0.15) is 0 Å². The topological polar surface area (TPSA) is 91.2 Å². The van der Waals surface area contributed by atoms with Gasteiger partial charge in [-0.3, -0.25) is 9.78 Å². The molecule has 3 rings (SSSR count). The Balaban J connectivity index is 1.62. The number of aromatic hydroxyl groups is 1. The molecule has 3 aromatic heterocycles. The van der Waals surface area contributed by atoms with Gasteiger partial charge in [0.1, 0.15) is 17.3 Å². The monoisotopic (exact) mass is 363 g/mol. The lowest BCUT2D eigenvalue weighted by Gasteiger charge is -2.21. The third kappa shape index (κ3) is 5.01. The molecule has 3 aromatic rings. The van der Waals surface area contributed by atoms with Gasteiger partial charge in [0, 0.05) is 50.2 Å². The van der Waals surface area contributed by atoms with Crippen LogP contribution in [0.1, 0.15) is 21.7 Å². The lowest BCUT2D eigenvalue weighted by molar-refractivity contribution is 0.0946. The number of nitrogens with zero attached hydrogens (tertiary/aromatic N) is 4. The average molecular weight is 363 g/mol. The number of hydrogen-bond acceptors (Lipinski definition) is 6. The zero-order chi connectivity index (χ0) is 19.1. The van der Waals surface area contributed by atoms with Crippen LogP contribution in [0.4, 0.5) is 5.82 Å². The fraction of sp³-hybridized carbons (Fsp3) is 0.200. The van der Waals surface area contributed by atoms with E-state index in [1.54, 1.807) is 12.4 Å². The van der Waals surface area contributed by atoms with Crippen LogP contribution in [0.3, 0.4) is 0 Å². The van der Waals surface area contributed by atoms with Crippen molar-refractivity contribution in [3.05, 3.63) is 78.0 Å². The minimum absolute atomic E-state index is 0.0237. The molecule has 3 heterocycles. The Morgan fingerprint density at radius 1 is 1.07 bits per heavy atom. The summed E-state index contributed by atoms with van der Waals surface area (Å²) in [5.41, 5.74) is 2.18. The van der Waals surface area contributed by atoms with Crippen molar-refractivity contribution >= 4 is 11.7 Å². The quantitative estimate of drug-likeness (QED) is 0.669. The second-order valence-corrected chi connectivity index (χ2v) is 6.06. The molecule has 7 nitrogen and oxygen atoms in total. The number of amides is 1. The highest BCUT2D eigenvalue weighted by Gasteiger charge is 2.12. The Morgan fingerprint density at radius 2 is 1.93 bits per heavy atom. The van der Waals surface area contributed by atoms with Gasteiger partial charge in [0.05, 0.1) is 6.20 Å². The summed E-state index contributed by atoms with van der Waals surface area (Å²) in [6.07, 6.45) is 5.57. The van der Waals surface area contributed by atoms with E-state index >= 15 is 0 Å². The number of carbonyl (C=O) groups excluding carboxylic acids is 1. The van der Waals surface area contributed by atoms with E-state index in [0.717, 1.165) is 30.0 Å². The van der Waals surface area contributed by atoms with Gasteiger partial charge in [-0.15, -0.1) is 0 Å². The summed E-state index contributed by atoms with van der Waals surface area (Å²) < 4.78 is 0. The van der Waals surface area contributed by atoms with Crippen LogP contribution >= 0.6 is 0 Å². The molecule has 0 radical (unpaired) electrons. The smallest absolute Gasteiger partial charge is 0.270 e. The van der Waals surface area contributed by atoms with Crippen molar-refractivity contribution in [1.82, 2.24) is 20.3 Å². The van der Waals surface area contributed by atoms with Gasteiger partial charge in [-0.05, 0) is 30.3 Å². The Labute approximate surface area is 157 Å². The van der Waals surface area contributed by atoms with Crippen molar-refractivity contribution in [2.45, 2.75) is 13.0 Å². The predicted molar refractivity (Wildman–Crippen MR) is 103 cm³/mol. The molecular formula is C20H21N5O2. The molecule has 0 unspecified atom stereocenters. The van der Waals surface area contributed by atoms with E-state index in [-0.39, 0.29) is 17.4 Å². The predicted octanol–water partition coefficient (Wildman–Crippen LogP) is 2.19. The number of aromatic nitrogens is 3. The molecule has 138 valence electrons. The molecule has 0 atom stereocenters. The summed E-state index contributed by atoms with van der Waals surface area (Å²) in [4.78, 5) is 27.0. The van der Waals surface area contributed by atoms with Gasteiger partial charge in [0.2, 0.25) is 0 Å². The van der Waals surface area contributed by atoms with E-state index in [0.29, 0.717) is 6.54 Å². The van der Waals surface area contributed by atoms with E-state index in [1.807, 2.05) is 37.4 Å². The minimum atomic E-state index is -0.305. The zero-order valence-corrected chi connectivity index (χ0v) is 15.0. The van der Waals surface area contributed by atoms with Crippen molar-refractivity contribution in [1.29, 1.82) is 0 Å². The van der Waals surface area contributed by atoms with Crippen LogP contribution in [-0.2, 0) is 13.0 Å². The Hall–Kier alpha value is -3.48. The molecular weight excluding hydrogens is 342 g/mol. The second-order valence-electron chi connectivity index (χ2n) is 6.06. The average Bonchev–Trinajstić information content (AvgIpc) is 2.71. The summed E-state index contributed by atoms with van der Waals surface area (Å²) in [6, 6.07) is 12.6. The molecule has 0 aliphatic carbocycles. The number of likely N-dealkylation sites (N-methyl/N-ethyl adjacent to an activating group) is 1. The van der Waals surface area contributed by atoms with Gasteiger partial charge in [0.15, 0.2) is 0 Å². The number of nitrogens with one attached hydrogen (secondary N) is 1. The fourth-order valence-electron chi connectivity index (χ4n) is 2.63. The number of hydrogen-bond donors (Lipinski definition) is 2. The van der Waals surface area contributed by atoms with Crippen LogP contribution in [0.2, 0.25) is 0 Å². The van der Waals surface area contributed by atoms with Gasteiger partial charge in [-0.1, -0.05) is 12.1 Å². The molecule has 7 heteroatoms. The highest BCUT2D eigenvalue weighted by Crippen LogP contribution is 2.16. The molecule has 0 aliphatic heterocycles. The van der Waals surface area contributed by atoms with Crippen LogP contribution in [0.25, 0.3) is 0 Å². The number of rotatable bonds is 7. The zero-order valence-electron chi connectivity index (χ0n) is 15.0. The highest BCUT2D eigenvalue weighted by atomic mass is 16.3. The van der Waals surface area contributed by atoms with Gasteiger partial charge < -0.3 is 15.3 Å². The minimum Gasteiger partial charge on any atom is -0.506 e. The van der Waals surface area contributed by atoms with Crippen LogP contribution in [-0.4, -0.2) is 39.6 Å². The van der Waals surface area contributed by atoms with Crippen molar-refractivity contribution in [2.75, 3.05) is 18.5 Å². The van der Waals surface area contributed by atoms with Crippen LogP contribution in [0.5, 0.6) is 5.75 Å². The first-order valence-corrected chi connectivity index (χ1v) is 8.61. The third-order valence-corrected chi connectivity index (χ3v) is 4.08. The van der Waals surface area contributed by atoms with Crippen molar-refractivity contribution in [3.8, 4) is 5.75 Å². The SMILES string of the molecule is CN(CCc1ccccn1)c1ncccc1CNC(=O)c1ccc(O)cn1. The molecule has 0 spiro atoms. The van der Waals surface area contributed by atoms with Gasteiger partial charge >= 0.3 is 0 Å². The van der Waals surface area contributed by atoms with E-state index in [2.05, 4.69) is 25.2 Å². The molecule has 0 saturated heterocycles. The maximum atomic E-state index is 12.2. The standard InChI is InChI=1S/C20H21N5O2/c1-25(12-9-16-6-2-3-10-21-16)19-15(5-4-11-22-19)13-24-20(27)18-8-7-17(26)14-23-18/h2-8,10-11,14,26H,9,12-13H2,1H3,(H,24,27). The van der Waals surface area contributed by atoms with Gasteiger partial charge in [-0.25, -0.2) is 9.97 Å². The maximum absolute atomic E-state index is 12.2. The van der Waals surface area contributed by atoms with Crippen LogP contribution < -0.4 is 10.2 Å². The Kier molecular flexibility index (Phi) is 5.94. The first-order valence-electron chi connectivity index (χ1n) is 8.61. The second kappa shape index (κ2) is 8.75. The normalized spacial score (nSPS) is 10.4. The van der Waals surface area contributed by atoms with Crippen LogP contribution in [0, 0.1) is 0 Å². The summed E-state index contributed by atoms with van der Waals surface area (Å²) in [6.45, 7) is 1.09. The molecule has 27 heavy (non-hydrogen) atoms. The number of carbonyl (C=O) groups is 1. The van der Waals surface area contributed by atoms with E-state index in [4.69, 9.17) is 0 Å². The van der Waals surface area contributed by atoms with E-state index in [9.17, 15) is 9.90 Å². The summed E-state index contributed by atoms with van der Waals surface area (Å²) in [5, 5.41) is 12.1. The summed E-state index contributed by atoms with van der Waals surface area (Å²) >= 11 is 0. The Morgan fingerprint density at radius 3 is 2.67 bits per heavy atom. The lowest BCUT2D eigenvalue weighted by Crippen LogP contribution is -2.27.